The molecule has 1 atom stereocenters. The van der Waals surface area contributed by atoms with Gasteiger partial charge in [0, 0.05) is 32.5 Å². The topological polar surface area (TPSA) is 30.5 Å². The predicted octanol–water partition coefficient (Wildman–Crippen LogP) is 1.96. The van der Waals surface area contributed by atoms with Gasteiger partial charge in [0.1, 0.15) is 0 Å². The molecule has 1 unspecified atom stereocenters. The van der Waals surface area contributed by atoms with Crippen molar-refractivity contribution in [1.29, 1.82) is 0 Å². The summed E-state index contributed by atoms with van der Waals surface area (Å²) >= 11 is 0. The van der Waals surface area contributed by atoms with E-state index < -0.39 is 0 Å². The first-order valence-electron chi connectivity index (χ1n) is 6.32. The standard InChI is InChI=1S/C12H25NO2/c1-2-14-9-5-10-15-11-7-12-6-3-4-8-13-12/h12-13H,2-11H2,1H3. The summed E-state index contributed by atoms with van der Waals surface area (Å²) in [6.45, 7) is 6.59. The maximum absolute atomic E-state index is 5.56. The van der Waals surface area contributed by atoms with Crippen LogP contribution in [0.3, 0.4) is 0 Å². The average molecular weight is 215 g/mol. The highest BCUT2D eigenvalue weighted by molar-refractivity contribution is 4.71. The van der Waals surface area contributed by atoms with E-state index in [1.165, 1.54) is 25.8 Å². The van der Waals surface area contributed by atoms with E-state index in [0.717, 1.165) is 39.3 Å². The summed E-state index contributed by atoms with van der Waals surface area (Å²) in [5.74, 6) is 0. The van der Waals surface area contributed by atoms with Crippen LogP contribution in [-0.4, -0.2) is 39.0 Å². The van der Waals surface area contributed by atoms with Gasteiger partial charge in [-0.1, -0.05) is 6.42 Å². The SMILES string of the molecule is CCOCCCOCCC1CCCCN1. The highest BCUT2D eigenvalue weighted by Crippen LogP contribution is 2.09. The van der Waals surface area contributed by atoms with E-state index in [0.29, 0.717) is 6.04 Å². The summed E-state index contributed by atoms with van der Waals surface area (Å²) in [5, 5.41) is 3.53. The lowest BCUT2D eigenvalue weighted by Gasteiger charge is -2.23. The average Bonchev–Trinajstić information content (AvgIpc) is 2.29. The number of piperidine rings is 1. The second-order valence-electron chi connectivity index (χ2n) is 4.10. The maximum atomic E-state index is 5.56. The van der Waals surface area contributed by atoms with Crippen molar-refractivity contribution in [2.24, 2.45) is 0 Å². The van der Waals surface area contributed by atoms with E-state index in [1.54, 1.807) is 0 Å². The molecule has 90 valence electrons. The number of ether oxygens (including phenoxy) is 2. The van der Waals surface area contributed by atoms with Gasteiger partial charge in [0.15, 0.2) is 0 Å². The van der Waals surface area contributed by atoms with E-state index in [2.05, 4.69) is 5.32 Å². The third-order valence-electron chi connectivity index (χ3n) is 2.80. The first-order valence-corrected chi connectivity index (χ1v) is 6.32. The van der Waals surface area contributed by atoms with Gasteiger partial charge in [0.05, 0.1) is 0 Å². The quantitative estimate of drug-likeness (QED) is 0.628. The van der Waals surface area contributed by atoms with Crippen LogP contribution in [0.15, 0.2) is 0 Å². The van der Waals surface area contributed by atoms with E-state index in [1.807, 2.05) is 6.92 Å². The Morgan fingerprint density at radius 1 is 1.13 bits per heavy atom. The second-order valence-corrected chi connectivity index (χ2v) is 4.10. The molecular weight excluding hydrogens is 190 g/mol. The summed E-state index contributed by atoms with van der Waals surface area (Å²) in [7, 11) is 0. The van der Waals surface area contributed by atoms with E-state index >= 15 is 0 Å². The lowest BCUT2D eigenvalue weighted by molar-refractivity contribution is 0.0822. The van der Waals surface area contributed by atoms with Crippen LogP contribution in [0.4, 0.5) is 0 Å². The molecule has 15 heavy (non-hydrogen) atoms. The summed E-state index contributed by atoms with van der Waals surface area (Å²) in [5.41, 5.74) is 0. The van der Waals surface area contributed by atoms with Crippen molar-refractivity contribution in [1.82, 2.24) is 5.32 Å². The Balaban J connectivity index is 1.79. The van der Waals surface area contributed by atoms with Crippen molar-refractivity contribution < 1.29 is 9.47 Å². The van der Waals surface area contributed by atoms with Gasteiger partial charge in [-0.05, 0) is 39.2 Å². The first-order chi connectivity index (χ1) is 7.43. The normalized spacial score (nSPS) is 21.8. The van der Waals surface area contributed by atoms with Crippen LogP contribution < -0.4 is 5.32 Å². The number of nitrogens with one attached hydrogen (secondary N) is 1. The minimum absolute atomic E-state index is 0.700. The molecule has 0 spiro atoms. The van der Waals surface area contributed by atoms with Crippen LogP contribution in [0.5, 0.6) is 0 Å². The predicted molar refractivity (Wildman–Crippen MR) is 62.2 cm³/mol. The third-order valence-corrected chi connectivity index (χ3v) is 2.80. The third kappa shape index (κ3) is 6.88. The zero-order valence-electron chi connectivity index (χ0n) is 9.96. The van der Waals surface area contributed by atoms with Crippen LogP contribution in [0, 0.1) is 0 Å². The van der Waals surface area contributed by atoms with Crippen molar-refractivity contribution in [3.05, 3.63) is 0 Å². The van der Waals surface area contributed by atoms with Crippen molar-refractivity contribution in [3.63, 3.8) is 0 Å². The molecule has 1 saturated heterocycles. The largest absolute Gasteiger partial charge is 0.382 e. The summed E-state index contributed by atoms with van der Waals surface area (Å²) in [4.78, 5) is 0. The fourth-order valence-corrected chi connectivity index (χ4v) is 1.91. The minimum atomic E-state index is 0.700. The van der Waals surface area contributed by atoms with Crippen LogP contribution in [0.2, 0.25) is 0 Å². The summed E-state index contributed by atoms with van der Waals surface area (Å²) in [6, 6.07) is 0.700. The van der Waals surface area contributed by atoms with Gasteiger partial charge in [-0.3, -0.25) is 0 Å². The van der Waals surface area contributed by atoms with Gasteiger partial charge in [0.2, 0.25) is 0 Å². The Labute approximate surface area is 93.5 Å². The fraction of sp³-hybridized carbons (Fsp3) is 1.00. The molecular formula is C12H25NO2. The molecule has 1 heterocycles. The number of hydrogen-bond acceptors (Lipinski definition) is 3. The molecule has 0 aromatic carbocycles. The van der Waals surface area contributed by atoms with Gasteiger partial charge in [-0.2, -0.15) is 0 Å². The minimum Gasteiger partial charge on any atom is -0.382 e. The Bertz CT molecular complexity index is 136. The van der Waals surface area contributed by atoms with Gasteiger partial charge in [-0.15, -0.1) is 0 Å². The van der Waals surface area contributed by atoms with Crippen LogP contribution in [0.1, 0.15) is 39.0 Å². The molecule has 0 aromatic heterocycles. The van der Waals surface area contributed by atoms with E-state index in [-0.39, 0.29) is 0 Å². The lowest BCUT2D eigenvalue weighted by atomic mass is 10.0. The maximum Gasteiger partial charge on any atom is 0.0487 e. The van der Waals surface area contributed by atoms with E-state index in [9.17, 15) is 0 Å². The Morgan fingerprint density at radius 2 is 2.00 bits per heavy atom. The highest BCUT2D eigenvalue weighted by Gasteiger charge is 2.11. The highest BCUT2D eigenvalue weighted by atomic mass is 16.5. The zero-order valence-corrected chi connectivity index (χ0v) is 9.96. The van der Waals surface area contributed by atoms with Gasteiger partial charge >= 0.3 is 0 Å². The lowest BCUT2D eigenvalue weighted by Crippen LogP contribution is -2.34. The van der Waals surface area contributed by atoms with Gasteiger partial charge in [-0.25, -0.2) is 0 Å². The molecule has 1 fully saturated rings. The molecule has 3 nitrogen and oxygen atoms in total. The molecule has 1 rings (SSSR count). The molecule has 0 bridgehead atoms. The van der Waals surface area contributed by atoms with Crippen molar-refractivity contribution in [2.45, 2.75) is 45.1 Å². The van der Waals surface area contributed by atoms with Crippen LogP contribution in [0.25, 0.3) is 0 Å². The Morgan fingerprint density at radius 3 is 2.73 bits per heavy atom. The number of hydrogen-bond donors (Lipinski definition) is 1. The molecule has 1 aliphatic heterocycles. The molecule has 1 N–H and O–H groups in total. The molecule has 1 aliphatic rings. The molecule has 0 saturated carbocycles. The van der Waals surface area contributed by atoms with Crippen molar-refractivity contribution >= 4 is 0 Å². The van der Waals surface area contributed by atoms with Crippen molar-refractivity contribution in [2.75, 3.05) is 33.0 Å². The summed E-state index contributed by atoms with van der Waals surface area (Å²) in [6.07, 6.45) is 6.22. The van der Waals surface area contributed by atoms with Crippen LogP contribution in [-0.2, 0) is 9.47 Å². The van der Waals surface area contributed by atoms with Gasteiger partial charge in [0.25, 0.3) is 0 Å². The smallest absolute Gasteiger partial charge is 0.0487 e. The molecule has 0 aliphatic carbocycles. The van der Waals surface area contributed by atoms with Crippen LogP contribution >= 0.6 is 0 Å². The Hall–Kier alpha value is -0.120. The van der Waals surface area contributed by atoms with Crippen molar-refractivity contribution in [3.8, 4) is 0 Å². The Kier molecular flexibility index (Phi) is 7.88. The molecule has 0 amide bonds. The number of rotatable bonds is 8. The summed E-state index contributed by atoms with van der Waals surface area (Å²) < 4.78 is 10.8. The fourth-order valence-electron chi connectivity index (χ4n) is 1.91. The molecule has 3 heteroatoms. The zero-order chi connectivity index (χ0) is 10.8. The molecule has 0 aromatic rings. The monoisotopic (exact) mass is 215 g/mol. The van der Waals surface area contributed by atoms with Gasteiger partial charge < -0.3 is 14.8 Å². The van der Waals surface area contributed by atoms with E-state index in [4.69, 9.17) is 9.47 Å². The second kappa shape index (κ2) is 9.13. The molecule has 0 radical (unpaired) electrons. The first kappa shape index (κ1) is 12.9.